The molecule has 7 heteroatoms. The Labute approximate surface area is 220 Å². The summed E-state index contributed by atoms with van der Waals surface area (Å²) in [6, 6.07) is 16.6. The minimum absolute atomic E-state index is 0.00261. The first-order chi connectivity index (χ1) is 18.1. The standard InChI is InChI=1S/C31H31F3N2O2/c1-18-2-7-28(27(8-18)29(37)38)36-26-13-23(31(32,33)34)12-25(14-26)35-24-5-3-22(4-6-24)30-15-19-9-20(16-30)11-21(10-19)17-30/h2-8,12-14,19-21,35-36H,9-11,15-17H2,1H3,(H,37,38). The predicted octanol–water partition coefficient (Wildman–Crippen LogP) is 8.67. The van der Waals surface area contributed by atoms with E-state index in [4.69, 9.17) is 0 Å². The fourth-order valence-electron chi connectivity index (χ4n) is 7.57. The van der Waals surface area contributed by atoms with Crippen LogP contribution in [0.15, 0.2) is 60.7 Å². The number of rotatable bonds is 6. The highest BCUT2D eigenvalue weighted by Gasteiger charge is 2.51. The number of anilines is 4. The number of aromatic carboxylic acids is 1. The van der Waals surface area contributed by atoms with Crippen molar-refractivity contribution < 1.29 is 23.1 Å². The zero-order valence-electron chi connectivity index (χ0n) is 21.2. The highest BCUT2D eigenvalue weighted by Crippen LogP contribution is 2.60. The molecule has 198 valence electrons. The monoisotopic (exact) mass is 520 g/mol. The first kappa shape index (κ1) is 24.8. The summed E-state index contributed by atoms with van der Waals surface area (Å²) in [6.45, 7) is 1.76. The lowest BCUT2D eigenvalue weighted by molar-refractivity contribution is -0.137. The van der Waals surface area contributed by atoms with Gasteiger partial charge in [-0.2, -0.15) is 13.2 Å². The highest BCUT2D eigenvalue weighted by atomic mass is 19.4. The Balaban J connectivity index is 1.27. The van der Waals surface area contributed by atoms with Crippen molar-refractivity contribution >= 4 is 28.7 Å². The largest absolute Gasteiger partial charge is 0.478 e. The lowest BCUT2D eigenvalue weighted by atomic mass is 9.48. The number of hydrogen-bond acceptors (Lipinski definition) is 3. The Kier molecular flexibility index (Phi) is 5.93. The van der Waals surface area contributed by atoms with Crippen LogP contribution in [0.1, 0.15) is 65.6 Å². The van der Waals surface area contributed by atoms with Crippen LogP contribution in [0.2, 0.25) is 0 Å². The maximum Gasteiger partial charge on any atom is 0.416 e. The van der Waals surface area contributed by atoms with Gasteiger partial charge in [0.2, 0.25) is 0 Å². The smallest absolute Gasteiger partial charge is 0.416 e. The van der Waals surface area contributed by atoms with E-state index in [9.17, 15) is 23.1 Å². The molecule has 0 unspecified atom stereocenters. The average Bonchev–Trinajstić information content (AvgIpc) is 2.84. The van der Waals surface area contributed by atoms with Gasteiger partial charge in [-0.3, -0.25) is 0 Å². The second-order valence-corrected chi connectivity index (χ2v) is 11.7. The van der Waals surface area contributed by atoms with Gasteiger partial charge >= 0.3 is 12.1 Å². The van der Waals surface area contributed by atoms with Crippen LogP contribution in [-0.2, 0) is 11.6 Å². The predicted molar refractivity (Wildman–Crippen MR) is 142 cm³/mol. The number of benzene rings is 3. The van der Waals surface area contributed by atoms with Gasteiger partial charge in [-0.25, -0.2) is 4.79 Å². The molecule has 0 radical (unpaired) electrons. The SMILES string of the molecule is Cc1ccc(Nc2cc(Nc3ccc(C45CC6CC(CC(C6)C4)C5)cc3)cc(C(F)(F)F)c2)c(C(=O)O)c1. The van der Waals surface area contributed by atoms with Crippen LogP contribution < -0.4 is 10.6 Å². The summed E-state index contributed by atoms with van der Waals surface area (Å²) in [6.07, 6.45) is 3.34. The molecule has 4 saturated carbocycles. The molecule has 0 amide bonds. The number of hydrogen-bond donors (Lipinski definition) is 3. The molecule has 3 N–H and O–H groups in total. The van der Waals surface area contributed by atoms with Gasteiger partial charge in [-0.05, 0) is 117 Å². The molecular formula is C31H31F3N2O2. The topological polar surface area (TPSA) is 61.4 Å². The molecule has 3 aromatic carbocycles. The number of nitrogens with one attached hydrogen (secondary N) is 2. The number of aryl methyl sites for hydroxylation is 1. The lowest BCUT2D eigenvalue weighted by Gasteiger charge is -2.57. The summed E-state index contributed by atoms with van der Waals surface area (Å²) in [7, 11) is 0. The third-order valence-electron chi connectivity index (χ3n) is 8.77. The van der Waals surface area contributed by atoms with E-state index in [1.165, 1.54) is 50.2 Å². The highest BCUT2D eigenvalue weighted by molar-refractivity contribution is 5.95. The molecule has 3 aromatic rings. The van der Waals surface area contributed by atoms with Gasteiger partial charge < -0.3 is 15.7 Å². The van der Waals surface area contributed by atoms with Crippen LogP contribution in [0.25, 0.3) is 0 Å². The second kappa shape index (κ2) is 9.07. The van der Waals surface area contributed by atoms with Crippen molar-refractivity contribution in [2.45, 2.75) is 57.0 Å². The minimum Gasteiger partial charge on any atom is -0.478 e. The minimum atomic E-state index is -4.56. The van der Waals surface area contributed by atoms with Crippen molar-refractivity contribution in [1.82, 2.24) is 0 Å². The van der Waals surface area contributed by atoms with E-state index in [2.05, 4.69) is 22.8 Å². The van der Waals surface area contributed by atoms with Crippen LogP contribution in [0.3, 0.4) is 0 Å². The molecule has 0 aromatic heterocycles. The molecular weight excluding hydrogens is 489 g/mol. The molecule has 0 saturated heterocycles. The van der Waals surface area contributed by atoms with Crippen LogP contribution in [0, 0.1) is 24.7 Å². The van der Waals surface area contributed by atoms with Gasteiger partial charge in [-0.15, -0.1) is 0 Å². The molecule has 0 aliphatic heterocycles. The summed E-state index contributed by atoms with van der Waals surface area (Å²) in [4.78, 5) is 11.7. The number of alkyl halides is 3. The first-order valence-electron chi connectivity index (χ1n) is 13.3. The van der Waals surface area contributed by atoms with Crippen LogP contribution in [0.4, 0.5) is 35.9 Å². The quantitative estimate of drug-likeness (QED) is 0.304. The van der Waals surface area contributed by atoms with E-state index in [0.29, 0.717) is 5.69 Å². The Morgan fingerprint density at radius 1 is 0.816 bits per heavy atom. The van der Waals surface area contributed by atoms with Gasteiger partial charge in [0, 0.05) is 17.1 Å². The first-order valence-corrected chi connectivity index (χ1v) is 13.3. The van der Waals surface area contributed by atoms with E-state index in [1.54, 1.807) is 25.1 Å². The second-order valence-electron chi connectivity index (χ2n) is 11.7. The van der Waals surface area contributed by atoms with Gasteiger partial charge in [0.15, 0.2) is 0 Å². The lowest BCUT2D eigenvalue weighted by Crippen LogP contribution is -2.48. The Bertz CT molecular complexity index is 1350. The maximum atomic E-state index is 13.7. The zero-order chi connectivity index (χ0) is 26.7. The fourth-order valence-corrected chi connectivity index (χ4v) is 7.57. The van der Waals surface area contributed by atoms with Crippen molar-refractivity contribution in [1.29, 1.82) is 0 Å². The van der Waals surface area contributed by atoms with Crippen molar-refractivity contribution in [2.24, 2.45) is 17.8 Å². The van der Waals surface area contributed by atoms with Crippen LogP contribution in [0.5, 0.6) is 0 Å². The van der Waals surface area contributed by atoms with E-state index < -0.39 is 17.7 Å². The van der Waals surface area contributed by atoms with E-state index in [1.807, 2.05) is 12.1 Å². The molecule has 38 heavy (non-hydrogen) atoms. The fraction of sp³-hybridized carbons (Fsp3) is 0.387. The summed E-state index contributed by atoms with van der Waals surface area (Å²) in [5, 5.41) is 15.6. The van der Waals surface area contributed by atoms with Crippen molar-refractivity contribution in [3.63, 3.8) is 0 Å². The summed E-state index contributed by atoms with van der Waals surface area (Å²) in [5.41, 5.74) is 2.91. The molecule has 4 nitrogen and oxygen atoms in total. The summed E-state index contributed by atoms with van der Waals surface area (Å²) < 4.78 is 41.2. The van der Waals surface area contributed by atoms with Crippen molar-refractivity contribution in [2.75, 3.05) is 10.6 Å². The number of carbonyl (C=O) groups is 1. The Hall–Kier alpha value is -3.48. The van der Waals surface area contributed by atoms with E-state index in [0.717, 1.165) is 35.4 Å². The molecule has 4 fully saturated rings. The number of carboxylic acid groups (broad SMARTS) is 1. The summed E-state index contributed by atoms with van der Waals surface area (Å²) >= 11 is 0. The molecule has 0 atom stereocenters. The molecule has 0 spiro atoms. The van der Waals surface area contributed by atoms with Gasteiger partial charge in [0.25, 0.3) is 0 Å². The maximum absolute atomic E-state index is 13.7. The number of halogens is 3. The zero-order valence-corrected chi connectivity index (χ0v) is 21.2. The third kappa shape index (κ3) is 4.74. The molecule has 4 bridgehead atoms. The normalized spacial score (nSPS) is 25.8. The molecule has 7 rings (SSSR count). The van der Waals surface area contributed by atoms with Gasteiger partial charge in [0.05, 0.1) is 16.8 Å². The van der Waals surface area contributed by atoms with Crippen LogP contribution in [-0.4, -0.2) is 11.1 Å². The van der Waals surface area contributed by atoms with Gasteiger partial charge in [-0.1, -0.05) is 23.8 Å². The van der Waals surface area contributed by atoms with Crippen molar-refractivity contribution in [3.05, 3.63) is 82.9 Å². The molecule has 0 heterocycles. The Morgan fingerprint density at radius 2 is 1.39 bits per heavy atom. The number of carboxylic acids is 1. The molecule has 4 aliphatic carbocycles. The van der Waals surface area contributed by atoms with Crippen molar-refractivity contribution in [3.8, 4) is 0 Å². The van der Waals surface area contributed by atoms with Crippen LogP contribution >= 0.6 is 0 Å². The van der Waals surface area contributed by atoms with E-state index >= 15 is 0 Å². The van der Waals surface area contributed by atoms with Gasteiger partial charge in [0.1, 0.15) is 0 Å². The third-order valence-corrected chi connectivity index (χ3v) is 8.77. The van der Waals surface area contributed by atoms with E-state index in [-0.39, 0.29) is 28.0 Å². The average molecular weight is 521 g/mol. The summed E-state index contributed by atoms with van der Waals surface area (Å²) in [5.74, 6) is 1.36. The molecule has 4 aliphatic rings. The Morgan fingerprint density at radius 3 is 1.95 bits per heavy atom.